The van der Waals surface area contributed by atoms with Crippen LogP contribution in [-0.2, 0) is 4.79 Å². The molecule has 0 aromatic heterocycles. The molecule has 0 saturated heterocycles. The van der Waals surface area contributed by atoms with E-state index >= 15 is 0 Å². The molecule has 6 nitrogen and oxygen atoms in total. The van der Waals surface area contributed by atoms with Crippen LogP contribution in [0.1, 0.15) is 19.4 Å². The second-order valence-electron chi connectivity index (χ2n) is 4.13. The number of aryl methyl sites for hydroxylation is 1. The summed E-state index contributed by atoms with van der Waals surface area (Å²) in [5, 5.41) is 4.66. The topological polar surface area (TPSA) is 93.5 Å². The SMILES string of the molecule is CCNC(=O)NC(=O)C(C)Oc1cc(N)ccc1C. The Kier molecular flexibility index (Phi) is 5.17. The number of benzene rings is 1. The second-order valence-corrected chi connectivity index (χ2v) is 4.13. The molecule has 0 aliphatic rings. The fourth-order valence-electron chi connectivity index (χ4n) is 1.41. The van der Waals surface area contributed by atoms with Gasteiger partial charge in [-0.15, -0.1) is 0 Å². The normalized spacial score (nSPS) is 11.5. The van der Waals surface area contributed by atoms with Crippen molar-refractivity contribution in [1.29, 1.82) is 0 Å². The molecule has 3 amide bonds. The molecule has 1 aromatic carbocycles. The molecule has 0 radical (unpaired) electrons. The van der Waals surface area contributed by atoms with Crippen LogP contribution in [0.3, 0.4) is 0 Å². The van der Waals surface area contributed by atoms with Crippen molar-refractivity contribution in [1.82, 2.24) is 10.6 Å². The number of nitrogen functional groups attached to an aromatic ring is 1. The lowest BCUT2D eigenvalue weighted by atomic mass is 10.2. The largest absolute Gasteiger partial charge is 0.481 e. The highest BCUT2D eigenvalue weighted by Gasteiger charge is 2.17. The maximum Gasteiger partial charge on any atom is 0.321 e. The molecule has 0 fully saturated rings. The number of urea groups is 1. The van der Waals surface area contributed by atoms with Crippen molar-refractivity contribution in [2.75, 3.05) is 12.3 Å². The standard InChI is InChI=1S/C13H19N3O3/c1-4-15-13(18)16-12(17)9(3)19-11-7-10(14)6-5-8(11)2/h5-7,9H,4,14H2,1-3H3,(H2,15,16,17,18). The quantitative estimate of drug-likeness (QED) is 0.713. The van der Waals surface area contributed by atoms with Gasteiger partial charge >= 0.3 is 6.03 Å². The Balaban J connectivity index is 2.63. The molecule has 104 valence electrons. The van der Waals surface area contributed by atoms with Gasteiger partial charge < -0.3 is 15.8 Å². The summed E-state index contributed by atoms with van der Waals surface area (Å²) in [4.78, 5) is 22.9. The highest BCUT2D eigenvalue weighted by molar-refractivity contribution is 5.96. The minimum Gasteiger partial charge on any atom is -0.481 e. The third kappa shape index (κ3) is 4.50. The van der Waals surface area contributed by atoms with Crippen LogP contribution in [0.5, 0.6) is 5.75 Å². The van der Waals surface area contributed by atoms with E-state index in [4.69, 9.17) is 10.5 Å². The molecule has 1 rings (SSSR count). The predicted molar refractivity (Wildman–Crippen MR) is 72.9 cm³/mol. The third-order valence-corrected chi connectivity index (χ3v) is 2.46. The summed E-state index contributed by atoms with van der Waals surface area (Å²) in [6.45, 7) is 5.63. The number of anilines is 1. The van der Waals surface area contributed by atoms with Gasteiger partial charge in [0.25, 0.3) is 5.91 Å². The highest BCUT2D eigenvalue weighted by Crippen LogP contribution is 2.21. The molecule has 0 spiro atoms. The zero-order valence-corrected chi connectivity index (χ0v) is 11.3. The Labute approximate surface area is 112 Å². The van der Waals surface area contributed by atoms with Crippen LogP contribution in [0.25, 0.3) is 0 Å². The van der Waals surface area contributed by atoms with Crippen molar-refractivity contribution < 1.29 is 14.3 Å². The van der Waals surface area contributed by atoms with Gasteiger partial charge in [0.05, 0.1) is 0 Å². The van der Waals surface area contributed by atoms with Crippen LogP contribution < -0.4 is 21.1 Å². The molecule has 19 heavy (non-hydrogen) atoms. The van der Waals surface area contributed by atoms with Crippen molar-refractivity contribution in [2.24, 2.45) is 0 Å². The lowest BCUT2D eigenvalue weighted by Crippen LogP contribution is -2.45. The average molecular weight is 265 g/mol. The molecule has 1 atom stereocenters. The van der Waals surface area contributed by atoms with E-state index in [9.17, 15) is 9.59 Å². The first kappa shape index (κ1) is 14.8. The van der Waals surface area contributed by atoms with Crippen LogP contribution in [0, 0.1) is 6.92 Å². The number of nitrogens with two attached hydrogens (primary N) is 1. The highest BCUT2D eigenvalue weighted by atomic mass is 16.5. The van der Waals surface area contributed by atoms with Crippen LogP contribution in [0.2, 0.25) is 0 Å². The number of rotatable bonds is 4. The number of carbonyl (C=O) groups excluding carboxylic acids is 2. The van der Waals surface area contributed by atoms with Crippen molar-refractivity contribution in [3.05, 3.63) is 23.8 Å². The van der Waals surface area contributed by atoms with Gasteiger partial charge in [0, 0.05) is 18.3 Å². The Morgan fingerprint density at radius 3 is 2.74 bits per heavy atom. The van der Waals surface area contributed by atoms with Crippen molar-refractivity contribution in [2.45, 2.75) is 26.9 Å². The zero-order valence-electron chi connectivity index (χ0n) is 11.3. The van der Waals surface area contributed by atoms with E-state index in [1.54, 1.807) is 32.0 Å². The van der Waals surface area contributed by atoms with E-state index in [0.717, 1.165) is 5.56 Å². The molecule has 0 bridgehead atoms. The monoisotopic (exact) mass is 265 g/mol. The van der Waals surface area contributed by atoms with Gasteiger partial charge in [-0.25, -0.2) is 4.79 Å². The van der Waals surface area contributed by atoms with Gasteiger partial charge in [-0.3, -0.25) is 10.1 Å². The van der Waals surface area contributed by atoms with E-state index in [-0.39, 0.29) is 0 Å². The van der Waals surface area contributed by atoms with E-state index in [1.165, 1.54) is 0 Å². The van der Waals surface area contributed by atoms with Crippen LogP contribution in [0.4, 0.5) is 10.5 Å². The zero-order chi connectivity index (χ0) is 14.4. The minimum absolute atomic E-state index is 0.447. The molecule has 1 aromatic rings. The van der Waals surface area contributed by atoms with Crippen molar-refractivity contribution >= 4 is 17.6 Å². The molecule has 0 heterocycles. The van der Waals surface area contributed by atoms with Crippen LogP contribution in [-0.4, -0.2) is 24.6 Å². The number of ether oxygens (including phenoxy) is 1. The number of hydrogen-bond acceptors (Lipinski definition) is 4. The number of carbonyl (C=O) groups is 2. The average Bonchev–Trinajstić information content (AvgIpc) is 2.34. The first-order valence-electron chi connectivity index (χ1n) is 6.05. The molecule has 1 unspecified atom stereocenters. The molecule has 0 aliphatic carbocycles. The van der Waals surface area contributed by atoms with E-state index in [0.29, 0.717) is 18.0 Å². The van der Waals surface area contributed by atoms with E-state index in [2.05, 4.69) is 10.6 Å². The van der Waals surface area contributed by atoms with Gasteiger partial charge in [-0.2, -0.15) is 0 Å². The Morgan fingerprint density at radius 2 is 2.11 bits per heavy atom. The van der Waals surface area contributed by atoms with Gasteiger partial charge in [0.2, 0.25) is 0 Å². The fraction of sp³-hybridized carbons (Fsp3) is 0.385. The summed E-state index contributed by atoms with van der Waals surface area (Å²) < 4.78 is 5.49. The van der Waals surface area contributed by atoms with Gasteiger partial charge in [-0.1, -0.05) is 6.07 Å². The maximum absolute atomic E-state index is 11.7. The first-order valence-corrected chi connectivity index (χ1v) is 6.05. The summed E-state index contributed by atoms with van der Waals surface area (Å²) in [5.74, 6) is 0.0197. The number of nitrogens with one attached hydrogen (secondary N) is 2. The Morgan fingerprint density at radius 1 is 1.42 bits per heavy atom. The second kappa shape index (κ2) is 6.63. The number of hydrogen-bond donors (Lipinski definition) is 3. The maximum atomic E-state index is 11.7. The number of amides is 3. The third-order valence-electron chi connectivity index (χ3n) is 2.46. The summed E-state index contributed by atoms with van der Waals surface area (Å²) >= 11 is 0. The number of imide groups is 1. The summed E-state index contributed by atoms with van der Waals surface area (Å²) in [5.41, 5.74) is 7.08. The molecule has 4 N–H and O–H groups in total. The predicted octanol–water partition coefficient (Wildman–Crippen LogP) is 1.19. The Bertz CT molecular complexity index is 474. The molecule has 6 heteroatoms. The molecular weight excluding hydrogens is 246 g/mol. The lowest BCUT2D eigenvalue weighted by molar-refractivity contribution is -0.126. The smallest absolute Gasteiger partial charge is 0.321 e. The van der Waals surface area contributed by atoms with Crippen molar-refractivity contribution in [3.63, 3.8) is 0 Å². The summed E-state index contributed by atoms with van der Waals surface area (Å²) in [6, 6.07) is 4.67. The fourth-order valence-corrected chi connectivity index (χ4v) is 1.41. The van der Waals surface area contributed by atoms with Gasteiger partial charge in [0.15, 0.2) is 6.10 Å². The van der Waals surface area contributed by atoms with E-state index < -0.39 is 18.0 Å². The molecule has 0 saturated carbocycles. The van der Waals surface area contributed by atoms with Crippen LogP contribution in [0.15, 0.2) is 18.2 Å². The lowest BCUT2D eigenvalue weighted by Gasteiger charge is -2.16. The van der Waals surface area contributed by atoms with Crippen LogP contribution >= 0.6 is 0 Å². The van der Waals surface area contributed by atoms with Gasteiger partial charge in [0.1, 0.15) is 5.75 Å². The minimum atomic E-state index is -0.789. The molecular formula is C13H19N3O3. The first-order chi connectivity index (χ1) is 8.93. The Hall–Kier alpha value is -2.24. The molecule has 0 aliphatic heterocycles. The van der Waals surface area contributed by atoms with Crippen molar-refractivity contribution in [3.8, 4) is 5.75 Å². The summed E-state index contributed by atoms with van der Waals surface area (Å²) in [6.07, 6.45) is -0.789. The van der Waals surface area contributed by atoms with Gasteiger partial charge in [-0.05, 0) is 32.4 Å². The van der Waals surface area contributed by atoms with E-state index in [1.807, 2.05) is 6.92 Å². The summed E-state index contributed by atoms with van der Waals surface area (Å²) in [7, 11) is 0.